The molecule has 0 radical (unpaired) electrons. The summed E-state index contributed by atoms with van der Waals surface area (Å²) in [6.07, 6.45) is -1.95. The molecule has 0 spiro atoms. The van der Waals surface area contributed by atoms with Gasteiger partial charge in [0.15, 0.2) is 12.5 Å². The molecule has 1 aliphatic rings. The van der Waals surface area contributed by atoms with Gasteiger partial charge in [0.1, 0.15) is 17.2 Å². The van der Waals surface area contributed by atoms with Crippen LogP contribution in [0.2, 0.25) is 5.02 Å². The summed E-state index contributed by atoms with van der Waals surface area (Å²) >= 11 is 10.5. The number of benzene rings is 3. The van der Waals surface area contributed by atoms with Crippen molar-refractivity contribution >= 4 is 47.5 Å². The molecule has 3 aromatic rings. The van der Waals surface area contributed by atoms with Crippen LogP contribution in [0.15, 0.2) is 60.7 Å². The molecule has 0 saturated carbocycles. The van der Waals surface area contributed by atoms with Crippen LogP contribution in [0.1, 0.15) is 23.6 Å². The monoisotopic (exact) mass is 487 g/mol. The van der Waals surface area contributed by atoms with E-state index in [9.17, 15) is 15.0 Å². The largest absolute Gasteiger partial charge is 0.495 e. The number of urea groups is 1. The predicted octanol–water partition coefficient (Wildman–Crippen LogP) is 4.74. The number of thiol groups is 1. The summed E-state index contributed by atoms with van der Waals surface area (Å²) in [7, 11) is 2.94. The Morgan fingerprint density at radius 2 is 1.58 bits per heavy atom. The molecule has 33 heavy (non-hydrogen) atoms. The predicted molar refractivity (Wildman–Crippen MR) is 130 cm³/mol. The number of anilines is 3. The van der Waals surface area contributed by atoms with Gasteiger partial charge in [-0.1, -0.05) is 48.7 Å². The maximum atomic E-state index is 12.8. The van der Waals surface area contributed by atoms with Crippen LogP contribution in [-0.2, 0) is 0 Å². The number of methoxy groups -OCH3 is 2. The van der Waals surface area contributed by atoms with Crippen molar-refractivity contribution in [3.63, 3.8) is 0 Å². The highest BCUT2D eigenvalue weighted by atomic mass is 35.5. The van der Waals surface area contributed by atoms with Crippen molar-refractivity contribution in [2.24, 2.45) is 0 Å². The molecule has 0 fully saturated rings. The first kappa shape index (κ1) is 23.1. The number of ether oxygens (including phenoxy) is 2. The minimum Gasteiger partial charge on any atom is -0.495 e. The van der Waals surface area contributed by atoms with Gasteiger partial charge >= 0.3 is 6.03 Å². The van der Waals surface area contributed by atoms with E-state index in [2.05, 4.69) is 18.1 Å². The van der Waals surface area contributed by atoms with Gasteiger partial charge in [0.2, 0.25) is 0 Å². The topological polar surface area (TPSA) is 94.5 Å². The number of hydrogen-bond acceptors (Lipinski definition) is 7. The summed E-state index contributed by atoms with van der Waals surface area (Å²) in [6, 6.07) is 16.4. The number of rotatable bonds is 5. The van der Waals surface area contributed by atoms with E-state index in [4.69, 9.17) is 21.1 Å². The van der Waals surface area contributed by atoms with Crippen LogP contribution < -0.4 is 24.0 Å². The molecule has 0 saturated heterocycles. The summed E-state index contributed by atoms with van der Waals surface area (Å²) < 4.78 is 11.6. The van der Waals surface area contributed by atoms with Crippen molar-refractivity contribution in [3.8, 4) is 11.5 Å². The molecule has 3 N–H and O–H groups in total. The number of hydrogen-bond donors (Lipinski definition) is 4. The van der Waals surface area contributed by atoms with E-state index < -0.39 is 18.5 Å². The van der Waals surface area contributed by atoms with Gasteiger partial charge in [-0.15, -0.1) is 0 Å². The van der Waals surface area contributed by atoms with Crippen LogP contribution in [0.25, 0.3) is 0 Å². The molecular formula is C23H22ClN3O5S. The molecule has 2 amide bonds. The fraction of sp³-hybridized carbons (Fsp3) is 0.174. The maximum absolute atomic E-state index is 12.8. The van der Waals surface area contributed by atoms with Gasteiger partial charge < -0.3 is 29.9 Å². The van der Waals surface area contributed by atoms with Gasteiger partial charge in [0.05, 0.1) is 19.2 Å². The van der Waals surface area contributed by atoms with E-state index in [1.165, 1.54) is 25.2 Å². The fourth-order valence-corrected chi connectivity index (χ4v) is 4.15. The second-order valence-corrected chi connectivity index (χ2v) is 8.04. The van der Waals surface area contributed by atoms with Gasteiger partial charge in [-0.25, -0.2) is 9.10 Å². The van der Waals surface area contributed by atoms with Crippen LogP contribution in [0, 0.1) is 0 Å². The van der Waals surface area contributed by atoms with Crippen LogP contribution >= 0.6 is 24.4 Å². The zero-order valence-corrected chi connectivity index (χ0v) is 19.4. The quantitative estimate of drug-likeness (QED) is 0.388. The number of fused-ring (bicyclic) bond motifs is 1. The lowest BCUT2D eigenvalue weighted by molar-refractivity contribution is 0.110. The first-order valence-corrected chi connectivity index (χ1v) is 10.7. The molecule has 3 aromatic carbocycles. The summed E-state index contributed by atoms with van der Waals surface area (Å²) in [6.45, 7) is 0. The molecule has 0 bridgehead atoms. The number of nitrogens with one attached hydrogen (secondary N) is 1. The van der Waals surface area contributed by atoms with Gasteiger partial charge in [0.25, 0.3) is 0 Å². The average molecular weight is 488 g/mol. The van der Waals surface area contributed by atoms with E-state index in [0.717, 1.165) is 4.31 Å². The third-order valence-corrected chi connectivity index (χ3v) is 6.06. The normalized spacial score (nSPS) is 16.8. The van der Waals surface area contributed by atoms with E-state index in [-0.39, 0.29) is 0 Å². The standard InChI is InChI=1S/C23H22ClN3O5S/c1-31-19-12-20(32-2)18(11-17(19)24)27(33)23(30)25-13-7-9-14(10-8-13)26-21(28)15-5-3-4-6-16(15)22(26)29/h3-12,21-22,28-29,33H,1-2H3,(H,25,30). The average Bonchev–Trinajstić information content (AvgIpc) is 3.09. The molecular weight excluding hydrogens is 466 g/mol. The lowest BCUT2D eigenvalue weighted by Gasteiger charge is -2.27. The number of amides is 2. The summed E-state index contributed by atoms with van der Waals surface area (Å²) in [5.74, 6) is 0.761. The van der Waals surface area contributed by atoms with E-state index >= 15 is 0 Å². The summed E-state index contributed by atoms with van der Waals surface area (Å²) in [5.41, 5.74) is 2.72. The van der Waals surface area contributed by atoms with Gasteiger partial charge in [0, 0.05) is 28.6 Å². The third-order valence-electron chi connectivity index (χ3n) is 5.37. The minimum atomic E-state index is -0.975. The fourth-order valence-electron chi connectivity index (χ4n) is 3.71. The van der Waals surface area contributed by atoms with Gasteiger partial charge in [-0.05, 0) is 30.3 Å². The second-order valence-electron chi connectivity index (χ2n) is 7.23. The summed E-state index contributed by atoms with van der Waals surface area (Å²) in [5, 5.41) is 24.3. The Kier molecular flexibility index (Phi) is 6.57. The van der Waals surface area contributed by atoms with Crippen molar-refractivity contribution in [1.29, 1.82) is 0 Å². The highest BCUT2D eigenvalue weighted by Gasteiger charge is 2.36. The Morgan fingerprint density at radius 1 is 1.00 bits per heavy atom. The number of carbonyl (C=O) groups excluding carboxylic acids is 1. The lowest BCUT2D eigenvalue weighted by Crippen LogP contribution is -2.27. The van der Waals surface area contributed by atoms with Crippen molar-refractivity contribution in [3.05, 3.63) is 76.8 Å². The van der Waals surface area contributed by atoms with Crippen LogP contribution in [0.3, 0.4) is 0 Å². The number of aliphatic hydroxyl groups excluding tert-OH is 2. The number of nitrogens with zero attached hydrogens (tertiary/aromatic N) is 2. The summed E-state index contributed by atoms with van der Waals surface area (Å²) in [4.78, 5) is 14.3. The van der Waals surface area contributed by atoms with E-state index in [1.807, 2.05) is 12.1 Å². The third kappa shape index (κ3) is 4.28. The first-order chi connectivity index (χ1) is 15.8. The van der Waals surface area contributed by atoms with Crippen molar-refractivity contribution < 1.29 is 24.5 Å². The Balaban J connectivity index is 1.50. The molecule has 0 aromatic heterocycles. The molecule has 4 rings (SSSR count). The first-order valence-electron chi connectivity index (χ1n) is 9.90. The van der Waals surface area contributed by atoms with E-state index in [0.29, 0.717) is 44.7 Å². The van der Waals surface area contributed by atoms with Gasteiger partial charge in [-0.2, -0.15) is 0 Å². The van der Waals surface area contributed by atoms with Crippen molar-refractivity contribution in [2.45, 2.75) is 12.5 Å². The molecule has 2 unspecified atom stereocenters. The number of halogens is 1. The molecule has 10 heteroatoms. The molecule has 1 heterocycles. The zero-order chi connectivity index (χ0) is 23.7. The number of carbonyl (C=O) groups is 1. The molecule has 8 nitrogen and oxygen atoms in total. The highest BCUT2D eigenvalue weighted by Crippen LogP contribution is 2.42. The SMILES string of the molecule is COc1cc(OC)c(N(S)C(=O)Nc2ccc(N3C(O)c4ccccc4C3O)cc2)cc1Cl. The van der Waals surface area contributed by atoms with Crippen LogP contribution in [-0.4, -0.2) is 30.5 Å². The van der Waals surface area contributed by atoms with Crippen LogP contribution in [0.5, 0.6) is 11.5 Å². The lowest BCUT2D eigenvalue weighted by atomic mass is 10.1. The van der Waals surface area contributed by atoms with Gasteiger partial charge in [-0.3, -0.25) is 0 Å². The highest BCUT2D eigenvalue weighted by molar-refractivity contribution is 7.82. The van der Waals surface area contributed by atoms with E-state index in [1.54, 1.807) is 42.5 Å². The molecule has 0 aliphatic carbocycles. The zero-order valence-electron chi connectivity index (χ0n) is 17.8. The Bertz CT molecular complexity index is 1150. The Hall–Kier alpha value is -3.11. The molecule has 172 valence electrons. The second kappa shape index (κ2) is 9.40. The van der Waals surface area contributed by atoms with Crippen LogP contribution in [0.4, 0.5) is 21.9 Å². The smallest absolute Gasteiger partial charge is 0.336 e. The Morgan fingerprint density at radius 3 is 2.12 bits per heavy atom. The molecule has 1 aliphatic heterocycles. The van der Waals surface area contributed by atoms with Crippen molar-refractivity contribution in [1.82, 2.24) is 0 Å². The maximum Gasteiger partial charge on any atom is 0.336 e. The van der Waals surface area contributed by atoms with Crippen molar-refractivity contribution in [2.75, 3.05) is 28.7 Å². The minimum absolute atomic E-state index is 0.299. The molecule has 2 atom stereocenters. The Labute approximate surface area is 201 Å². The number of aliphatic hydroxyl groups is 2.